The Morgan fingerprint density at radius 1 is 1.11 bits per heavy atom. The first-order valence-corrected chi connectivity index (χ1v) is 13.7. The van der Waals surface area contributed by atoms with Gasteiger partial charge in [0.2, 0.25) is 0 Å². The predicted octanol–water partition coefficient (Wildman–Crippen LogP) is 4.24. The van der Waals surface area contributed by atoms with Crippen LogP contribution in [0.3, 0.4) is 0 Å². The second-order valence-electron chi connectivity index (χ2n) is 12.2. The van der Waals surface area contributed by atoms with Crippen LogP contribution in [0.15, 0.2) is 36.4 Å². The molecule has 2 aliphatic heterocycles. The fraction of sp³-hybridized carbons (Fsp3) is 0.600. The first-order chi connectivity index (χ1) is 16.9. The first kappa shape index (κ1) is 22.1. The van der Waals surface area contributed by atoms with Crippen LogP contribution in [-0.4, -0.2) is 52.0 Å². The number of ether oxygens (including phenoxy) is 1. The zero-order valence-corrected chi connectivity index (χ0v) is 21.0. The maximum absolute atomic E-state index is 12.6. The molecule has 0 amide bonds. The molecule has 5 atom stereocenters. The van der Waals surface area contributed by atoms with Crippen molar-refractivity contribution in [2.45, 2.75) is 94.0 Å². The number of rotatable bonds is 6. The minimum atomic E-state index is -0.815. The summed E-state index contributed by atoms with van der Waals surface area (Å²) in [5.41, 5.74) is 3.83. The van der Waals surface area contributed by atoms with E-state index in [2.05, 4.69) is 54.4 Å². The van der Waals surface area contributed by atoms with E-state index in [9.17, 15) is 10.2 Å². The lowest BCUT2D eigenvalue weighted by molar-refractivity contribution is -0.191. The lowest BCUT2D eigenvalue weighted by atomic mass is 9.48. The minimum absolute atomic E-state index is 0.129. The topological polar surface area (TPSA) is 65.0 Å². The molecule has 35 heavy (non-hydrogen) atoms. The van der Waals surface area contributed by atoms with Crippen molar-refractivity contribution in [1.82, 2.24) is 10.2 Å². The van der Waals surface area contributed by atoms with Crippen molar-refractivity contribution in [2.24, 2.45) is 5.92 Å². The molecule has 0 aromatic heterocycles. The number of benzene rings is 2. The number of hydrogen-bond acceptors (Lipinski definition) is 5. The summed E-state index contributed by atoms with van der Waals surface area (Å²) < 4.78 is 6.69. The van der Waals surface area contributed by atoms with Crippen molar-refractivity contribution in [3.05, 3.63) is 58.7 Å². The largest absolute Gasteiger partial charge is 0.504 e. The normalized spacial score (nSPS) is 35.1. The highest BCUT2D eigenvalue weighted by molar-refractivity contribution is 5.62. The SMILES string of the molecule is CC(C)c1ccccc1CN[C@H]1CC[C@@]2(O)[C@H]3Cc4ccc(O)c5c4[C@@]2(CCN3CC2CC2)[C@H]1O5. The maximum atomic E-state index is 12.6. The summed E-state index contributed by atoms with van der Waals surface area (Å²) in [6.07, 6.45) is 5.89. The van der Waals surface area contributed by atoms with E-state index < -0.39 is 11.0 Å². The van der Waals surface area contributed by atoms with E-state index in [-0.39, 0.29) is 23.9 Å². The quantitative estimate of drug-likeness (QED) is 0.585. The Labute approximate surface area is 208 Å². The monoisotopic (exact) mass is 474 g/mol. The predicted molar refractivity (Wildman–Crippen MR) is 136 cm³/mol. The number of phenols is 1. The lowest BCUT2D eigenvalue weighted by Crippen LogP contribution is -2.78. The van der Waals surface area contributed by atoms with Gasteiger partial charge >= 0.3 is 0 Å². The molecule has 3 N–H and O–H groups in total. The molecule has 5 heteroatoms. The summed E-state index contributed by atoms with van der Waals surface area (Å²) in [5, 5.41) is 27.3. The third-order valence-corrected chi connectivity index (χ3v) is 9.99. The summed E-state index contributed by atoms with van der Waals surface area (Å²) in [4.78, 5) is 2.60. The zero-order chi connectivity index (χ0) is 23.9. The van der Waals surface area contributed by atoms with Crippen LogP contribution in [0.5, 0.6) is 11.5 Å². The smallest absolute Gasteiger partial charge is 0.165 e. The van der Waals surface area contributed by atoms with E-state index in [0.29, 0.717) is 11.7 Å². The van der Waals surface area contributed by atoms with Gasteiger partial charge in [-0.15, -0.1) is 0 Å². The van der Waals surface area contributed by atoms with Crippen LogP contribution in [0, 0.1) is 5.92 Å². The molecule has 1 spiro atoms. The van der Waals surface area contributed by atoms with Crippen molar-refractivity contribution in [1.29, 1.82) is 0 Å². The van der Waals surface area contributed by atoms with Gasteiger partial charge in [0.05, 0.1) is 11.0 Å². The highest BCUT2D eigenvalue weighted by Gasteiger charge is 2.72. The second kappa shape index (κ2) is 7.71. The standard InChI is InChI=1S/C30H38N2O3/c1-18(2)22-6-4-3-5-21(22)16-31-23-11-12-30(34)25-15-20-9-10-24(33)27-26(20)29(30,28(23)35-27)13-14-32(25)17-19-7-8-19/h3-6,9-10,18-19,23,25,28,31,33-34H,7-8,11-17H2,1-2H3/t23-,25+,28-,29-,30+/m0/s1. The fourth-order valence-electron chi connectivity index (χ4n) is 8.19. The molecule has 5 nitrogen and oxygen atoms in total. The Hall–Kier alpha value is -2.08. The van der Waals surface area contributed by atoms with Crippen LogP contribution < -0.4 is 10.1 Å². The van der Waals surface area contributed by atoms with E-state index in [0.717, 1.165) is 56.8 Å². The van der Waals surface area contributed by atoms with Gasteiger partial charge in [0.25, 0.3) is 0 Å². The van der Waals surface area contributed by atoms with Crippen LogP contribution in [0.1, 0.15) is 74.1 Å². The number of piperidine rings is 1. The Balaban J connectivity index is 1.26. The molecule has 1 saturated heterocycles. The van der Waals surface area contributed by atoms with Gasteiger partial charge in [0.15, 0.2) is 11.5 Å². The molecule has 7 rings (SSSR count). The Kier molecular flexibility index (Phi) is 4.88. The second-order valence-corrected chi connectivity index (χ2v) is 12.2. The van der Waals surface area contributed by atoms with Gasteiger partial charge in [-0.25, -0.2) is 0 Å². The number of nitrogens with zero attached hydrogens (tertiary/aromatic N) is 1. The van der Waals surface area contributed by atoms with Crippen LogP contribution in [0.25, 0.3) is 0 Å². The molecular formula is C30H38N2O3. The van der Waals surface area contributed by atoms with Crippen molar-refractivity contribution < 1.29 is 14.9 Å². The minimum Gasteiger partial charge on any atom is -0.504 e. The van der Waals surface area contributed by atoms with Gasteiger partial charge in [0.1, 0.15) is 6.10 Å². The van der Waals surface area contributed by atoms with Gasteiger partial charge in [0, 0.05) is 30.7 Å². The highest BCUT2D eigenvalue weighted by Crippen LogP contribution is 2.65. The summed E-state index contributed by atoms with van der Waals surface area (Å²) in [7, 11) is 0. The summed E-state index contributed by atoms with van der Waals surface area (Å²) in [5.74, 6) is 2.14. The molecule has 0 unspecified atom stereocenters. The number of likely N-dealkylation sites (tertiary alicyclic amines) is 1. The number of phenolic OH excluding ortho intramolecular Hbond substituents is 1. The number of hydrogen-bond donors (Lipinski definition) is 3. The summed E-state index contributed by atoms with van der Waals surface area (Å²) in [6, 6.07) is 12.8. The van der Waals surface area contributed by atoms with Gasteiger partial charge in [-0.1, -0.05) is 44.2 Å². The first-order valence-electron chi connectivity index (χ1n) is 13.7. The number of aromatic hydroxyl groups is 1. The van der Waals surface area contributed by atoms with Crippen molar-refractivity contribution in [3.8, 4) is 11.5 Å². The number of nitrogens with one attached hydrogen (secondary N) is 1. The molecule has 2 heterocycles. The van der Waals surface area contributed by atoms with Gasteiger partial charge in [-0.2, -0.15) is 0 Å². The molecule has 0 radical (unpaired) electrons. The molecule has 2 aromatic carbocycles. The molecule has 3 fully saturated rings. The van der Waals surface area contributed by atoms with Crippen LogP contribution in [0.4, 0.5) is 0 Å². The van der Waals surface area contributed by atoms with E-state index >= 15 is 0 Å². The zero-order valence-electron chi connectivity index (χ0n) is 21.0. The molecule has 2 aromatic rings. The Bertz CT molecular complexity index is 1160. The molecule has 2 saturated carbocycles. The summed E-state index contributed by atoms with van der Waals surface area (Å²) >= 11 is 0. The Morgan fingerprint density at radius 3 is 2.74 bits per heavy atom. The fourth-order valence-corrected chi connectivity index (χ4v) is 8.19. The average molecular weight is 475 g/mol. The van der Waals surface area contributed by atoms with Gasteiger partial charge in [-0.3, -0.25) is 4.90 Å². The van der Waals surface area contributed by atoms with E-state index in [4.69, 9.17) is 4.74 Å². The maximum Gasteiger partial charge on any atom is 0.165 e. The van der Waals surface area contributed by atoms with E-state index in [1.54, 1.807) is 6.07 Å². The van der Waals surface area contributed by atoms with Gasteiger partial charge < -0.3 is 20.3 Å². The molecule has 186 valence electrons. The van der Waals surface area contributed by atoms with Gasteiger partial charge in [-0.05, 0) is 79.7 Å². The van der Waals surface area contributed by atoms with Crippen molar-refractivity contribution >= 4 is 0 Å². The third kappa shape index (κ3) is 3.04. The van der Waals surface area contributed by atoms with Crippen LogP contribution >= 0.6 is 0 Å². The molecule has 2 bridgehead atoms. The third-order valence-electron chi connectivity index (χ3n) is 9.99. The molecule has 5 aliphatic rings. The summed E-state index contributed by atoms with van der Waals surface area (Å²) in [6.45, 7) is 7.40. The van der Waals surface area contributed by atoms with Crippen molar-refractivity contribution in [3.63, 3.8) is 0 Å². The van der Waals surface area contributed by atoms with E-state index in [1.165, 1.54) is 29.5 Å². The van der Waals surface area contributed by atoms with Crippen LogP contribution in [0.2, 0.25) is 0 Å². The molecular weight excluding hydrogens is 436 g/mol. The van der Waals surface area contributed by atoms with E-state index in [1.807, 2.05) is 0 Å². The average Bonchev–Trinajstić information content (AvgIpc) is 3.59. The Morgan fingerprint density at radius 2 is 1.94 bits per heavy atom. The highest BCUT2D eigenvalue weighted by atomic mass is 16.5. The lowest BCUT2D eigenvalue weighted by Gasteiger charge is -2.64. The van der Waals surface area contributed by atoms with Crippen LogP contribution in [-0.2, 0) is 18.4 Å². The number of aliphatic hydroxyl groups is 1. The van der Waals surface area contributed by atoms with Crippen molar-refractivity contribution in [2.75, 3.05) is 13.1 Å². The molecule has 3 aliphatic carbocycles.